The number of hydrogen-bond acceptors (Lipinski definition) is 4. The Morgan fingerprint density at radius 2 is 2.33 bits per heavy atom. The molecule has 1 rings (SSSR count). The quantitative estimate of drug-likeness (QED) is 0.809. The van der Waals surface area contributed by atoms with E-state index in [2.05, 4.69) is 10.3 Å². The van der Waals surface area contributed by atoms with Crippen molar-refractivity contribution in [3.63, 3.8) is 0 Å². The third kappa shape index (κ3) is 3.00. The molecule has 1 atom stereocenters. The fourth-order valence-corrected chi connectivity index (χ4v) is 2.07. The van der Waals surface area contributed by atoms with Crippen molar-refractivity contribution in [3.8, 4) is 0 Å². The molecule has 3 N–H and O–H groups in total. The van der Waals surface area contributed by atoms with Crippen LogP contribution in [0.2, 0.25) is 0 Å². The molecule has 4 nitrogen and oxygen atoms in total. The Labute approximate surface area is 93.9 Å². The summed E-state index contributed by atoms with van der Waals surface area (Å²) >= 11 is 1.46. The SMILES string of the molecule is CCc1nc(C)c(C(=O)N[C@@H](C)CN)s1. The van der Waals surface area contributed by atoms with Gasteiger partial charge in [0.25, 0.3) is 5.91 Å². The molecule has 84 valence electrons. The maximum atomic E-state index is 11.8. The van der Waals surface area contributed by atoms with Crippen LogP contribution in [-0.2, 0) is 6.42 Å². The van der Waals surface area contributed by atoms with Gasteiger partial charge in [-0.25, -0.2) is 4.98 Å². The van der Waals surface area contributed by atoms with E-state index in [4.69, 9.17) is 5.73 Å². The zero-order valence-corrected chi connectivity index (χ0v) is 10.1. The van der Waals surface area contributed by atoms with Crippen molar-refractivity contribution in [2.75, 3.05) is 6.54 Å². The van der Waals surface area contributed by atoms with Gasteiger partial charge >= 0.3 is 0 Å². The number of aromatic nitrogens is 1. The van der Waals surface area contributed by atoms with Crippen LogP contribution in [0.5, 0.6) is 0 Å². The van der Waals surface area contributed by atoms with E-state index in [1.807, 2.05) is 20.8 Å². The van der Waals surface area contributed by atoms with Gasteiger partial charge in [0, 0.05) is 12.6 Å². The lowest BCUT2D eigenvalue weighted by Gasteiger charge is -2.09. The van der Waals surface area contributed by atoms with Crippen molar-refractivity contribution in [3.05, 3.63) is 15.6 Å². The average Bonchev–Trinajstić information content (AvgIpc) is 2.59. The van der Waals surface area contributed by atoms with Crippen LogP contribution in [0.4, 0.5) is 0 Å². The zero-order chi connectivity index (χ0) is 11.4. The minimum atomic E-state index is -0.0670. The lowest BCUT2D eigenvalue weighted by atomic mass is 10.3. The monoisotopic (exact) mass is 227 g/mol. The number of carbonyl (C=O) groups excluding carboxylic acids is 1. The fraction of sp³-hybridized carbons (Fsp3) is 0.600. The number of rotatable bonds is 4. The summed E-state index contributed by atoms with van der Waals surface area (Å²) in [7, 11) is 0. The van der Waals surface area contributed by atoms with Crippen LogP contribution in [0, 0.1) is 6.92 Å². The number of nitrogens with one attached hydrogen (secondary N) is 1. The summed E-state index contributed by atoms with van der Waals surface area (Å²) in [6.07, 6.45) is 0.866. The van der Waals surface area contributed by atoms with E-state index in [9.17, 15) is 4.79 Å². The van der Waals surface area contributed by atoms with Gasteiger partial charge in [0.1, 0.15) is 4.88 Å². The van der Waals surface area contributed by atoms with Crippen LogP contribution in [0.1, 0.15) is 34.2 Å². The van der Waals surface area contributed by atoms with E-state index >= 15 is 0 Å². The lowest BCUT2D eigenvalue weighted by molar-refractivity contribution is 0.0944. The highest BCUT2D eigenvalue weighted by Gasteiger charge is 2.15. The molecular weight excluding hydrogens is 210 g/mol. The van der Waals surface area contributed by atoms with Gasteiger partial charge in [-0.15, -0.1) is 11.3 Å². The first-order chi connectivity index (χ1) is 7.08. The molecule has 0 aliphatic heterocycles. The largest absolute Gasteiger partial charge is 0.348 e. The molecule has 15 heavy (non-hydrogen) atoms. The Morgan fingerprint density at radius 3 is 2.80 bits per heavy atom. The van der Waals surface area contributed by atoms with E-state index in [1.165, 1.54) is 11.3 Å². The van der Waals surface area contributed by atoms with Gasteiger partial charge < -0.3 is 11.1 Å². The first-order valence-electron chi connectivity index (χ1n) is 5.05. The first-order valence-corrected chi connectivity index (χ1v) is 5.87. The van der Waals surface area contributed by atoms with Crippen molar-refractivity contribution in [1.29, 1.82) is 0 Å². The predicted molar refractivity (Wildman–Crippen MR) is 62.2 cm³/mol. The molecule has 1 heterocycles. The smallest absolute Gasteiger partial charge is 0.263 e. The van der Waals surface area contributed by atoms with Gasteiger partial charge in [-0.1, -0.05) is 6.92 Å². The second-order valence-corrected chi connectivity index (χ2v) is 4.57. The van der Waals surface area contributed by atoms with Crippen LogP contribution < -0.4 is 11.1 Å². The van der Waals surface area contributed by atoms with Gasteiger partial charge in [0.05, 0.1) is 10.7 Å². The number of carbonyl (C=O) groups is 1. The van der Waals surface area contributed by atoms with Gasteiger partial charge in [0.2, 0.25) is 0 Å². The van der Waals surface area contributed by atoms with E-state index in [0.717, 1.165) is 17.1 Å². The maximum absolute atomic E-state index is 11.8. The molecule has 0 aromatic carbocycles. The summed E-state index contributed by atoms with van der Waals surface area (Å²) in [5.74, 6) is -0.0670. The Kier molecular flexibility index (Phi) is 4.23. The summed E-state index contributed by atoms with van der Waals surface area (Å²) < 4.78 is 0. The molecule has 0 unspecified atom stereocenters. The molecule has 0 spiro atoms. The standard InChI is InChI=1S/C10H17N3OS/c1-4-8-13-7(3)9(15-8)10(14)12-6(2)5-11/h6H,4-5,11H2,1-3H3,(H,12,14)/t6-/m0/s1. The van der Waals surface area contributed by atoms with Crippen molar-refractivity contribution in [2.24, 2.45) is 5.73 Å². The molecule has 1 aromatic heterocycles. The Hall–Kier alpha value is -0.940. The normalized spacial score (nSPS) is 12.5. The summed E-state index contributed by atoms with van der Waals surface area (Å²) in [6, 6.07) is 0.00377. The van der Waals surface area contributed by atoms with Crippen LogP contribution in [-0.4, -0.2) is 23.5 Å². The Morgan fingerprint density at radius 1 is 1.67 bits per heavy atom. The number of aryl methyl sites for hydroxylation is 2. The van der Waals surface area contributed by atoms with Gasteiger partial charge in [-0.05, 0) is 20.3 Å². The zero-order valence-electron chi connectivity index (χ0n) is 9.33. The van der Waals surface area contributed by atoms with E-state index < -0.39 is 0 Å². The Bertz CT molecular complexity index is 348. The highest BCUT2D eigenvalue weighted by molar-refractivity contribution is 7.13. The van der Waals surface area contributed by atoms with Crippen LogP contribution in [0.15, 0.2) is 0 Å². The molecule has 1 aromatic rings. The van der Waals surface area contributed by atoms with Crippen molar-refractivity contribution in [2.45, 2.75) is 33.2 Å². The number of nitrogens with two attached hydrogens (primary N) is 1. The third-order valence-electron chi connectivity index (χ3n) is 2.08. The van der Waals surface area contributed by atoms with E-state index in [1.54, 1.807) is 0 Å². The molecule has 5 heteroatoms. The summed E-state index contributed by atoms with van der Waals surface area (Å²) in [5.41, 5.74) is 6.25. The minimum absolute atomic E-state index is 0.00377. The highest BCUT2D eigenvalue weighted by atomic mass is 32.1. The summed E-state index contributed by atoms with van der Waals surface area (Å²) in [6.45, 7) is 6.22. The highest BCUT2D eigenvalue weighted by Crippen LogP contribution is 2.18. The second kappa shape index (κ2) is 5.23. The molecule has 0 bridgehead atoms. The van der Waals surface area contributed by atoms with Crippen molar-refractivity contribution in [1.82, 2.24) is 10.3 Å². The van der Waals surface area contributed by atoms with E-state index in [0.29, 0.717) is 11.4 Å². The van der Waals surface area contributed by atoms with Crippen LogP contribution >= 0.6 is 11.3 Å². The number of nitrogens with zero attached hydrogens (tertiary/aromatic N) is 1. The minimum Gasteiger partial charge on any atom is -0.348 e. The molecule has 0 fully saturated rings. The first kappa shape index (κ1) is 12.1. The van der Waals surface area contributed by atoms with Gasteiger partial charge in [-0.3, -0.25) is 4.79 Å². The van der Waals surface area contributed by atoms with Crippen molar-refractivity contribution >= 4 is 17.2 Å². The second-order valence-electron chi connectivity index (χ2n) is 3.49. The maximum Gasteiger partial charge on any atom is 0.263 e. The van der Waals surface area contributed by atoms with E-state index in [-0.39, 0.29) is 11.9 Å². The summed E-state index contributed by atoms with van der Waals surface area (Å²) in [5, 5.41) is 3.83. The summed E-state index contributed by atoms with van der Waals surface area (Å²) in [4.78, 5) is 16.8. The van der Waals surface area contributed by atoms with Crippen molar-refractivity contribution < 1.29 is 4.79 Å². The molecule has 0 aliphatic rings. The number of hydrogen-bond donors (Lipinski definition) is 2. The number of amides is 1. The molecule has 0 radical (unpaired) electrons. The van der Waals surface area contributed by atoms with Crippen LogP contribution in [0.3, 0.4) is 0 Å². The molecular formula is C10H17N3OS. The molecule has 0 aliphatic carbocycles. The topological polar surface area (TPSA) is 68.0 Å². The molecule has 1 amide bonds. The predicted octanol–water partition coefficient (Wildman–Crippen LogP) is 1.09. The third-order valence-corrected chi connectivity index (χ3v) is 3.38. The van der Waals surface area contributed by atoms with Gasteiger partial charge in [0.15, 0.2) is 0 Å². The lowest BCUT2D eigenvalue weighted by Crippen LogP contribution is -2.37. The molecule has 0 saturated carbocycles. The fourth-order valence-electron chi connectivity index (χ4n) is 1.16. The van der Waals surface area contributed by atoms with Gasteiger partial charge in [-0.2, -0.15) is 0 Å². The Balaban J connectivity index is 2.77. The van der Waals surface area contributed by atoms with Crippen LogP contribution in [0.25, 0.3) is 0 Å². The average molecular weight is 227 g/mol. The number of thiazole rings is 1. The molecule has 0 saturated heterocycles.